The normalized spacial score (nSPS) is 11.2. The number of fused-ring (bicyclic) bond motifs is 2. The fourth-order valence-corrected chi connectivity index (χ4v) is 8.50. The summed E-state index contributed by atoms with van der Waals surface area (Å²) in [7, 11) is 0. The molecule has 8 aromatic rings. The topological polar surface area (TPSA) is 111 Å². The molecule has 0 unspecified atom stereocenters. The monoisotopic (exact) mass is 993 g/mol. The van der Waals surface area contributed by atoms with Gasteiger partial charge >= 0.3 is 0 Å². The molecule has 4 aromatic heterocycles. The molecule has 0 saturated carbocycles. The van der Waals surface area contributed by atoms with Crippen LogP contribution in [0.1, 0.15) is 62.0 Å². The number of alkyl halides is 1. The third kappa shape index (κ3) is 14.3. The number of nitrogen functional groups attached to an aromatic ring is 2. The first-order valence-corrected chi connectivity index (χ1v) is 24.4. The Morgan fingerprint density at radius 3 is 1.43 bits per heavy atom. The number of benzene rings is 4. The van der Waals surface area contributed by atoms with Gasteiger partial charge in [0.25, 0.3) is 11.4 Å². The van der Waals surface area contributed by atoms with Crippen molar-refractivity contribution in [3.63, 3.8) is 0 Å². The molecule has 0 atom stereocenters. The van der Waals surface area contributed by atoms with E-state index >= 15 is 0 Å². The number of unbranched alkanes of at least 4 members (excludes halogenated alkanes) is 2. The van der Waals surface area contributed by atoms with Crippen molar-refractivity contribution < 1.29 is 21.2 Å². The van der Waals surface area contributed by atoms with Gasteiger partial charge in [0.05, 0.1) is 53.6 Å². The highest BCUT2D eigenvalue weighted by atomic mass is 35.5. The van der Waals surface area contributed by atoms with Crippen molar-refractivity contribution in [3.8, 4) is 46.2 Å². The molecule has 0 amide bonds. The molecule has 0 radical (unpaired) electrons. The van der Waals surface area contributed by atoms with Crippen LogP contribution in [0.4, 0.5) is 27.7 Å². The number of aliphatic hydroxyl groups is 1. The molecule has 0 spiro atoms. The van der Waals surface area contributed by atoms with Gasteiger partial charge in [-0.25, -0.2) is 9.97 Å². The average molecular weight is 995 g/mol. The molecule has 69 heavy (non-hydrogen) atoms. The van der Waals surface area contributed by atoms with Gasteiger partial charge in [0.1, 0.15) is 11.6 Å². The first-order valence-electron chi connectivity index (χ1n) is 22.3. The molecule has 0 fully saturated rings. The minimum Gasteiger partial charge on any atom is -0.396 e. The van der Waals surface area contributed by atoms with Crippen LogP contribution in [0.2, 0.25) is 10.0 Å². The summed E-state index contributed by atoms with van der Waals surface area (Å²) >= 11 is 8.11. The maximum Gasteiger partial charge on any atom is 0.278 e. The second-order valence-corrected chi connectivity index (χ2v) is 17.7. The third-order valence-electron chi connectivity index (χ3n) is 10.8. The number of nitrogens with zero attached hydrogens (tertiary/aromatic N) is 5. The van der Waals surface area contributed by atoms with E-state index in [2.05, 4.69) is 79.2 Å². The molecular weight excluding hydrogens is 942 g/mol. The van der Waals surface area contributed by atoms with Gasteiger partial charge in [-0.15, -0.1) is 11.7 Å². The highest BCUT2D eigenvalue weighted by Crippen LogP contribution is 2.56. The summed E-state index contributed by atoms with van der Waals surface area (Å²) in [6.45, 7) is 4.07. The minimum absolute atomic E-state index is 0.0648. The van der Waals surface area contributed by atoms with Crippen molar-refractivity contribution in [1.29, 1.82) is 0 Å². The summed E-state index contributed by atoms with van der Waals surface area (Å²) in [5, 5.41) is 12.5. The van der Waals surface area contributed by atoms with E-state index in [1.807, 2.05) is 84.9 Å². The van der Waals surface area contributed by atoms with Crippen molar-refractivity contribution in [2.24, 2.45) is 0 Å². The average Bonchev–Trinajstić information content (AvgIpc) is 3.86. The zero-order valence-electron chi connectivity index (χ0n) is 38.3. The summed E-state index contributed by atoms with van der Waals surface area (Å²) in [4.78, 5) is 8.94. The van der Waals surface area contributed by atoms with Gasteiger partial charge in [-0.2, -0.15) is 4.31 Å². The summed E-state index contributed by atoms with van der Waals surface area (Å²) < 4.78 is 52.4. The van der Waals surface area contributed by atoms with E-state index in [0.29, 0.717) is 64.8 Å². The Labute approximate surface area is 413 Å². The van der Waals surface area contributed by atoms with Crippen LogP contribution < -0.4 is 11.5 Å². The third-order valence-corrected chi connectivity index (χ3v) is 12.5. The van der Waals surface area contributed by atoms with Gasteiger partial charge < -0.3 is 25.7 Å². The van der Waals surface area contributed by atoms with E-state index in [4.69, 9.17) is 39.8 Å². The van der Waals surface area contributed by atoms with E-state index in [0.717, 1.165) is 66.8 Å². The lowest BCUT2D eigenvalue weighted by Gasteiger charge is -2.23. The molecule has 5 N–H and O–H groups in total. The summed E-state index contributed by atoms with van der Waals surface area (Å²) in [6, 6.07) is 43.5. The van der Waals surface area contributed by atoms with Crippen molar-refractivity contribution in [3.05, 3.63) is 166 Å². The Morgan fingerprint density at radius 1 is 0.609 bits per heavy atom. The zero-order valence-corrected chi connectivity index (χ0v) is 40.6. The highest BCUT2D eigenvalue weighted by Gasteiger charge is 2.28. The molecular formula is C54H53Cl2F4N7OS. The molecule has 8 rings (SSSR count). The molecule has 15 heteroatoms. The largest absolute Gasteiger partial charge is 0.396 e. The Bertz CT molecular complexity index is 2910. The lowest BCUT2D eigenvalue weighted by Crippen LogP contribution is -2.19. The Morgan fingerprint density at radius 2 is 1.06 bits per heavy atom. The Hall–Kier alpha value is -6.45. The number of pyridine rings is 2. The summed E-state index contributed by atoms with van der Waals surface area (Å²) in [6.07, 6.45) is 2.37. The van der Waals surface area contributed by atoms with Crippen LogP contribution in [0.15, 0.2) is 133 Å². The Kier molecular flexibility index (Phi) is 19.0. The number of aliphatic hydroxyl groups excluding tert-OH is 1. The maximum absolute atomic E-state index is 12.3. The molecule has 0 bridgehead atoms. The van der Waals surface area contributed by atoms with E-state index in [1.165, 1.54) is 13.8 Å². The van der Waals surface area contributed by atoms with Gasteiger partial charge in [-0.1, -0.05) is 121 Å². The predicted molar refractivity (Wildman–Crippen MR) is 279 cm³/mol. The molecule has 0 aliphatic heterocycles. The molecule has 0 aliphatic rings. The number of halogens is 6. The van der Waals surface area contributed by atoms with Gasteiger partial charge in [-0.3, -0.25) is 4.39 Å². The lowest BCUT2D eigenvalue weighted by molar-refractivity contribution is 0.290. The smallest absolute Gasteiger partial charge is 0.278 e. The van der Waals surface area contributed by atoms with Crippen LogP contribution in [-0.2, 0) is 13.1 Å². The van der Waals surface area contributed by atoms with Crippen molar-refractivity contribution in [2.45, 2.75) is 52.6 Å². The van der Waals surface area contributed by atoms with Crippen LogP contribution in [0.25, 0.3) is 44.3 Å². The summed E-state index contributed by atoms with van der Waals surface area (Å²) in [5.74, 6) is 13.5. The number of nitrogens with two attached hydrogens (primary N) is 2. The van der Waals surface area contributed by atoms with Crippen LogP contribution in [0.3, 0.4) is 0 Å². The number of rotatable bonds is 13. The van der Waals surface area contributed by atoms with Crippen molar-refractivity contribution >= 4 is 68.0 Å². The molecule has 4 heterocycles. The van der Waals surface area contributed by atoms with Crippen LogP contribution >= 0.6 is 34.6 Å². The maximum atomic E-state index is 12.3. The fraction of sp³-hybridized carbons (Fsp3) is 0.222. The van der Waals surface area contributed by atoms with Crippen molar-refractivity contribution in [2.75, 3.05) is 37.8 Å². The van der Waals surface area contributed by atoms with E-state index in [-0.39, 0.29) is 26.4 Å². The number of aromatic nitrogens is 4. The van der Waals surface area contributed by atoms with Crippen molar-refractivity contribution in [1.82, 2.24) is 23.4 Å². The zero-order chi connectivity index (χ0) is 49.3. The Balaban J connectivity index is 0.000000193. The SMILES string of the molecule is CCN(CC)S(F)(F)F.Nc1cccc(Cn2c(-c3ccccc3Cl)cc3ccc(C#CCCCF)cc32)n1.Nc1cccc(Cn2c(-c3ccccc3Cl)cc3ccc(C#CCCCO)cc32)n1. The standard InChI is InChI=1S/C25H21ClFN3.C25H22ClN3O.C4H10F3NS/c26-22-10-4-3-9-21(22)24-16-19-13-12-18(7-2-1-5-14-27)15-23(19)30(24)17-20-8-6-11-25(28)29-20;26-22-10-4-3-9-21(22)24-16-19-13-12-18(7-2-1-5-14-30)15-23(19)29(24)17-20-8-6-11-25(27)28-20;1-3-8(4-2)9(5,6)7/h3-4,6,8-13,15-16H,1,5,14,17H2,(H2,28,29);3-4,6,8-13,15-16,30H,1,5,14,17H2,(H2,27,28);3-4H2,1-2H3. The second-order valence-electron chi connectivity index (χ2n) is 15.6. The number of hydrogen-bond donors (Lipinski definition) is 3. The first-order chi connectivity index (χ1) is 33.3. The lowest BCUT2D eigenvalue weighted by atomic mass is 10.1. The van der Waals surface area contributed by atoms with E-state index < -0.39 is 11.4 Å². The van der Waals surface area contributed by atoms with E-state index in [9.17, 15) is 16.0 Å². The fourth-order valence-electron chi connectivity index (χ4n) is 7.45. The number of anilines is 2. The van der Waals surface area contributed by atoms with Gasteiger partial charge in [0.15, 0.2) is 0 Å². The number of hydrogen-bond acceptors (Lipinski definition) is 6. The van der Waals surface area contributed by atoms with Gasteiger partial charge in [0.2, 0.25) is 0 Å². The highest BCUT2D eigenvalue weighted by molar-refractivity contribution is 8.18. The molecule has 358 valence electrons. The van der Waals surface area contributed by atoms with Crippen LogP contribution in [0, 0.1) is 23.7 Å². The van der Waals surface area contributed by atoms with Crippen LogP contribution in [0.5, 0.6) is 0 Å². The van der Waals surface area contributed by atoms with Gasteiger partial charge in [0, 0.05) is 75.6 Å². The molecule has 4 aromatic carbocycles. The van der Waals surface area contributed by atoms with Crippen LogP contribution in [-0.4, -0.2) is 54.9 Å². The quantitative estimate of drug-likeness (QED) is 0.0603. The first kappa shape index (κ1) is 51.9. The molecule has 8 nitrogen and oxygen atoms in total. The van der Waals surface area contributed by atoms with E-state index in [1.54, 1.807) is 12.1 Å². The predicted octanol–water partition coefficient (Wildman–Crippen LogP) is 13.9. The van der Waals surface area contributed by atoms with Gasteiger partial charge in [-0.05, 0) is 85.6 Å². The second kappa shape index (κ2) is 25.2. The minimum atomic E-state index is -4.93. The molecule has 0 aliphatic carbocycles. The molecule has 0 saturated heterocycles. The summed E-state index contributed by atoms with van der Waals surface area (Å²) in [5.41, 5.74) is 21.4.